The normalized spacial score (nSPS) is 12.5. The van der Waals surface area contributed by atoms with Gasteiger partial charge in [-0.1, -0.05) is 37.3 Å². The first kappa shape index (κ1) is 18.1. The second-order valence-electron chi connectivity index (χ2n) is 6.75. The Balaban J connectivity index is 1.61. The maximum absolute atomic E-state index is 12.4. The Hall–Kier alpha value is -2.66. The average molecular weight is 350 g/mol. The van der Waals surface area contributed by atoms with Crippen LogP contribution in [0, 0.1) is 0 Å². The molecule has 2 heterocycles. The first-order chi connectivity index (χ1) is 12.6. The molecule has 0 saturated heterocycles. The topological polar surface area (TPSA) is 49.6 Å². The maximum Gasteiger partial charge on any atom is 0.226 e. The highest BCUT2D eigenvalue weighted by molar-refractivity contribution is 5.78. The summed E-state index contributed by atoms with van der Waals surface area (Å²) in [5.74, 6) is -0.00886. The number of hydrogen-bond acceptors (Lipinski definition) is 3. The highest BCUT2D eigenvalue weighted by Gasteiger charge is 2.16. The van der Waals surface area contributed by atoms with Gasteiger partial charge < -0.3 is 14.6 Å². The summed E-state index contributed by atoms with van der Waals surface area (Å²) in [6.07, 6.45) is 5.16. The fraction of sp³-hybridized carbons (Fsp3) is 0.333. The van der Waals surface area contributed by atoms with E-state index in [1.165, 1.54) is 11.1 Å². The summed E-state index contributed by atoms with van der Waals surface area (Å²) in [4.78, 5) is 19.0. The number of amides is 1. The molecule has 1 atom stereocenters. The van der Waals surface area contributed by atoms with Crippen molar-refractivity contribution in [3.63, 3.8) is 0 Å². The van der Waals surface area contributed by atoms with Gasteiger partial charge in [0.05, 0.1) is 18.2 Å². The van der Waals surface area contributed by atoms with Crippen molar-refractivity contribution in [2.45, 2.75) is 25.8 Å². The standard InChI is InChI=1S/C21H26N4O/c1-4-16-8-10-17(11-9-16)19(24(2)3)14-22-21(26)13-18-15-25-12-6-5-7-20(25)23-18/h5-12,15,19H,4,13-14H2,1-3H3,(H,22,26). The molecule has 26 heavy (non-hydrogen) atoms. The molecule has 3 aromatic rings. The number of aromatic nitrogens is 2. The molecule has 0 aliphatic rings. The van der Waals surface area contributed by atoms with Gasteiger partial charge in [-0.15, -0.1) is 0 Å². The van der Waals surface area contributed by atoms with Crippen molar-refractivity contribution >= 4 is 11.6 Å². The summed E-state index contributed by atoms with van der Waals surface area (Å²) < 4.78 is 1.93. The van der Waals surface area contributed by atoms with Gasteiger partial charge >= 0.3 is 0 Å². The Morgan fingerprint density at radius 1 is 1.19 bits per heavy atom. The van der Waals surface area contributed by atoms with Crippen LogP contribution in [-0.2, 0) is 17.6 Å². The molecule has 1 amide bonds. The largest absolute Gasteiger partial charge is 0.354 e. The molecule has 5 nitrogen and oxygen atoms in total. The number of nitrogens with one attached hydrogen (secondary N) is 1. The fourth-order valence-corrected chi connectivity index (χ4v) is 3.08. The van der Waals surface area contributed by atoms with Crippen molar-refractivity contribution in [1.29, 1.82) is 0 Å². The third kappa shape index (κ3) is 4.29. The quantitative estimate of drug-likeness (QED) is 0.713. The second-order valence-corrected chi connectivity index (χ2v) is 6.75. The van der Waals surface area contributed by atoms with Crippen LogP contribution < -0.4 is 5.32 Å². The summed E-state index contributed by atoms with van der Waals surface area (Å²) in [5.41, 5.74) is 4.17. The van der Waals surface area contributed by atoms with Crippen LogP contribution in [0.5, 0.6) is 0 Å². The first-order valence-corrected chi connectivity index (χ1v) is 9.01. The molecule has 1 unspecified atom stereocenters. The maximum atomic E-state index is 12.4. The number of pyridine rings is 1. The number of aryl methyl sites for hydroxylation is 1. The molecule has 2 aromatic heterocycles. The summed E-state index contributed by atoms with van der Waals surface area (Å²) in [6, 6.07) is 14.6. The van der Waals surface area contributed by atoms with Crippen molar-refractivity contribution in [2.75, 3.05) is 20.6 Å². The average Bonchev–Trinajstić information content (AvgIpc) is 3.04. The van der Waals surface area contributed by atoms with E-state index in [1.807, 2.05) is 49.1 Å². The number of likely N-dealkylation sites (N-methyl/N-ethyl adjacent to an activating group) is 1. The predicted molar refractivity (Wildman–Crippen MR) is 104 cm³/mol. The molecule has 1 aromatic carbocycles. The SMILES string of the molecule is CCc1ccc(C(CNC(=O)Cc2cn3ccccc3n2)N(C)C)cc1. The van der Waals surface area contributed by atoms with E-state index in [4.69, 9.17) is 0 Å². The minimum absolute atomic E-state index is 0.00886. The highest BCUT2D eigenvalue weighted by Crippen LogP contribution is 2.18. The van der Waals surface area contributed by atoms with Crippen LogP contribution in [0.15, 0.2) is 54.9 Å². The second kappa shape index (κ2) is 8.15. The number of nitrogens with zero attached hydrogens (tertiary/aromatic N) is 3. The Bertz CT molecular complexity index is 834. The zero-order chi connectivity index (χ0) is 18.5. The van der Waals surface area contributed by atoms with Gasteiger partial charge in [-0.2, -0.15) is 0 Å². The van der Waals surface area contributed by atoms with Crippen molar-refractivity contribution in [3.05, 3.63) is 71.7 Å². The highest BCUT2D eigenvalue weighted by atomic mass is 16.1. The molecule has 0 aliphatic heterocycles. The molecule has 0 spiro atoms. The molecule has 0 bridgehead atoms. The Morgan fingerprint density at radius 2 is 1.96 bits per heavy atom. The molecule has 0 fully saturated rings. The number of imidazole rings is 1. The predicted octanol–water partition coefficient (Wildman–Crippen LogP) is 2.86. The number of fused-ring (bicyclic) bond motifs is 1. The molecule has 1 N–H and O–H groups in total. The third-order valence-corrected chi connectivity index (χ3v) is 4.64. The Labute approximate surface area is 154 Å². The molecule has 5 heteroatoms. The van der Waals surface area contributed by atoms with Crippen LogP contribution in [0.3, 0.4) is 0 Å². The van der Waals surface area contributed by atoms with Gasteiger partial charge in [0.2, 0.25) is 5.91 Å². The molecule has 0 radical (unpaired) electrons. The van der Waals surface area contributed by atoms with E-state index in [0.29, 0.717) is 6.54 Å². The van der Waals surface area contributed by atoms with Crippen LogP contribution in [-0.4, -0.2) is 40.8 Å². The Kier molecular flexibility index (Phi) is 5.68. The van der Waals surface area contributed by atoms with Crippen molar-refractivity contribution < 1.29 is 4.79 Å². The molecule has 3 rings (SSSR count). The van der Waals surface area contributed by atoms with Crippen LogP contribution in [0.25, 0.3) is 5.65 Å². The van der Waals surface area contributed by atoms with Crippen LogP contribution in [0.2, 0.25) is 0 Å². The Morgan fingerprint density at radius 3 is 2.62 bits per heavy atom. The van der Waals surface area contributed by atoms with E-state index < -0.39 is 0 Å². The van der Waals surface area contributed by atoms with Gasteiger partial charge in [0.25, 0.3) is 0 Å². The minimum atomic E-state index is -0.00886. The smallest absolute Gasteiger partial charge is 0.226 e. The van der Waals surface area contributed by atoms with E-state index in [1.54, 1.807) is 0 Å². The van der Waals surface area contributed by atoms with Gasteiger partial charge in [0, 0.05) is 18.9 Å². The summed E-state index contributed by atoms with van der Waals surface area (Å²) in [5, 5.41) is 3.05. The van der Waals surface area contributed by atoms with Gasteiger partial charge in [-0.25, -0.2) is 4.98 Å². The first-order valence-electron chi connectivity index (χ1n) is 9.01. The lowest BCUT2D eigenvalue weighted by Crippen LogP contribution is -2.35. The van der Waals surface area contributed by atoms with Gasteiger partial charge in [-0.05, 0) is 43.8 Å². The number of benzene rings is 1. The lowest BCUT2D eigenvalue weighted by molar-refractivity contribution is -0.120. The number of rotatable bonds is 7. The number of carbonyl (C=O) groups is 1. The van der Waals surface area contributed by atoms with E-state index in [0.717, 1.165) is 17.8 Å². The third-order valence-electron chi connectivity index (χ3n) is 4.64. The molecule has 136 valence electrons. The van der Waals surface area contributed by atoms with Gasteiger partial charge in [-0.3, -0.25) is 4.79 Å². The van der Waals surface area contributed by atoms with Crippen LogP contribution in [0.4, 0.5) is 0 Å². The zero-order valence-electron chi connectivity index (χ0n) is 15.6. The summed E-state index contributed by atoms with van der Waals surface area (Å²) in [6.45, 7) is 2.72. The van der Waals surface area contributed by atoms with Crippen LogP contribution >= 0.6 is 0 Å². The lowest BCUT2D eigenvalue weighted by Gasteiger charge is -2.25. The van der Waals surface area contributed by atoms with Crippen LogP contribution in [0.1, 0.15) is 29.8 Å². The van der Waals surface area contributed by atoms with E-state index in [2.05, 4.69) is 46.4 Å². The lowest BCUT2D eigenvalue weighted by atomic mass is 10.0. The molecule has 0 saturated carbocycles. The van der Waals surface area contributed by atoms with Crippen molar-refractivity contribution in [2.24, 2.45) is 0 Å². The monoisotopic (exact) mass is 350 g/mol. The van der Waals surface area contributed by atoms with E-state index >= 15 is 0 Å². The summed E-state index contributed by atoms with van der Waals surface area (Å²) >= 11 is 0. The van der Waals surface area contributed by atoms with Crippen molar-refractivity contribution in [3.8, 4) is 0 Å². The molecular formula is C21H26N4O. The van der Waals surface area contributed by atoms with E-state index in [9.17, 15) is 4.79 Å². The number of carbonyl (C=O) groups excluding carboxylic acids is 1. The van der Waals surface area contributed by atoms with Gasteiger partial charge in [0.1, 0.15) is 5.65 Å². The molecular weight excluding hydrogens is 324 g/mol. The fourth-order valence-electron chi connectivity index (χ4n) is 3.08. The van der Waals surface area contributed by atoms with Gasteiger partial charge in [0.15, 0.2) is 0 Å². The minimum Gasteiger partial charge on any atom is -0.354 e. The van der Waals surface area contributed by atoms with Crippen molar-refractivity contribution in [1.82, 2.24) is 19.6 Å². The zero-order valence-corrected chi connectivity index (χ0v) is 15.6. The molecule has 0 aliphatic carbocycles. The van der Waals surface area contributed by atoms with E-state index in [-0.39, 0.29) is 18.4 Å². The number of hydrogen-bond donors (Lipinski definition) is 1. The summed E-state index contributed by atoms with van der Waals surface area (Å²) in [7, 11) is 4.07.